The number of halogens is 5. The summed E-state index contributed by atoms with van der Waals surface area (Å²) in [5, 5.41) is 0. The second-order valence-corrected chi connectivity index (χ2v) is 5.24. The molecule has 0 aliphatic rings. The van der Waals surface area contributed by atoms with Crippen LogP contribution >= 0.6 is 15.9 Å². The summed E-state index contributed by atoms with van der Waals surface area (Å²) in [5.41, 5.74) is -0.944. The predicted molar refractivity (Wildman–Crippen MR) is 73.6 cm³/mol. The summed E-state index contributed by atoms with van der Waals surface area (Å²) in [4.78, 5) is 12.0. The van der Waals surface area contributed by atoms with Gasteiger partial charge in [-0.3, -0.25) is 4.79 Å². The number of carbonyl (C=O) groups is 1. The lowest BCUT2D eigenvalue weighted by Gasteiger charge is -2.10. The molecule has 0 bridgehead atoms. The van der Waals surface area contributed by atoms with Crippen molar-refractivity contribution in [3.8, 4) is 0 Å². The third-order valence-electron chi connectivity index (χ3n) is 2.90. The quantitative estimate of drug-likeness (QED) is 0.554. The normalized spacial score (nSPS) is 11.5. The van der Waals surface area contributed by atoms with Gasteiger partial charge < -0.3 is 0 Å². The number of ketones is 1. The van der Waals surface area contributed by atoms with Crippen LogP contribution < -0.4 is 0 Å². The maximum atomic E-state index is 13.2. The zero-order valence-electron chi connectivity index (χ0n) is 10.5. The van der Waals surface area contributed by atoms with Crippen molar-refractivity contribution in [3.63, 3.8) is 0 Å². The van der Waals surface area contributed by atoms with Crippen LogP contribution in [0.2, 0.25) is 0 Å². The molecule has 0 aliphatic heterocycles. The molecule has 2 aromatic carbocycles. The van der Waals surface area contributed by atoms with E-state index in [4.69, 9.17) is 0 Å². The number of hydrogen-bond donors (Lipinski definition) is 0. The Morgan fingerprint density at radius 1 is 1.10 bits per heavy atom. The van der Waals surface area contributed by atoms with Crippen LogP contribution in [0.5, 0.6) is 0 Å². The molecule has 0 heterocycles. The molecular formula is C15H9BrF4O. The maximum absolute atomic E-state index is 13.2. The molecule has 1 nitrogen and oxygen atoms in total. The van der Waals surface area contributed by atoms with Crippen molar-refractivity contribution in [2.45, 2.75) is 12.6 Å². The van der Waals surface area contributed by atoms with Crippen molar-refractivity contribution in [1.29, 1.82) is 0 Å². The average Bonchev–Trinajstić information content (AvgIpc) is 2.40. The molecule has 0 radical (unpaired) electrons. The zero-order valence-corrected chi connectivity index (χ0v) is 12.1. The fourth-order valence-corrected chi connectivity index (χ4v) is 2.26. The first-order chi connectivity index (χ1) is 9.79. The average molecular weight is 361 g/mol. The third kappa shape index (κ3) is 3.69. The van der Waals surface area contributed by atoms with Crippen molar-refractivity contribution in [3.05, 3.63) is 69.4 Å². The van der Waals surface area contributed by atoms with Gasteiger partial charge in [-0.05, 0) is 29.8 Å². The smallest absolute Gasteiger partial charge is 0.294 e. The number of carbonyl (C=O) groups excluding carboxylic acids is 1. The van der Waals surface area contributed by atoms with Crippen LogP contribution in [0.4, 0.5) is 17.6 Å². The van der Waals surface area contributed by atoms with E-state index in [1.54, 1.807) is 24.3 Å². The van der Waals surface area contributed by atoms with Crippen LogP contribution in [0.3, 0.4) is 0 Å². The highest BCUT2D eigenvalue weighted by molar-refractivity contribution is 9.10. The van der Waals surface area contributed by atoms with E-state index in [0.29, 0.717) is 22.2 Å². The minimum Gasteiger partial charge on any atom is -0.294 e. The number of rotatable bonds is 3. The van der Waals surface area contributed by atoms with Crippen molar-refractivity contribution in [2.24, 2.45) is 0 Å². The molecule has 21 heavy (non-hydrogen) atoms. The Morgan fingerprint density at radius 2 is 1.76 bits per heavy atom. The lowest BCUT2D eigenvalue weighted by Crippen LogP contribution is -2.11. The first-order valence-corrected chi connectivity index (χ1v) is 6.71. The van der Waals surface area contributed by atoms with Gasteiger partial charge in [0.15, 0.2) is 5.78 Å². The van der Waals surface area contributed by atoms with E-state index < -0.39 is 23.3 Å². The number of Topliss-reactive ketones (excluding diaryl/α,β-unsaturated/α-hetero) is 1. The van der Waals surface area contributed by atoms with E-state index in [0.717, 1.165) is 6.07 Å². The van der Waals surface area contributed by atoms with Gasteiger partial charge in [0.2, 0.25) is 0 Å². The highest BCUT2D eigenvalue weighted by Gasteiger charge is 2.34. The van der Waals surface area contributed by atoms with Crippen LogP contribution in [0, 0.1) is 5.82 Å². The van der Waals surface area contributed by atoms with Crippen molar-refractivity contribution < 1.29 is 22.4 Å². The van der Waals surface area contributed by atoms with Gasteiger partial charge >= 0.3 is 6.18 Å². The molecule has 2 rings (SSSR count). The second-order valence-electron chi connectivity index (χ2n) is 4.38. The molecule has 0 atom stereocenters. The molecule has 0 fully saturated rings. The van der Waals surface area contributed by atoms with Gasteiger partial charge in [0.1, 0.15) is 5.82 Å². The fourth-order valence-electron chi connectivity index (χ4n) is 1.83. The predicted octanol–water partition coefficient (Wildman–Crippen LogP) is 5.03. The highest BCUT2D eigenvalue weighted by Crippen LogP contribution is 2.32. The molecule has 0 amide bonds. The molecule has 0 saturated heterocycles. The lowest BCUT2D eigenvalue weighted by molar-refractivity contribution is -0.140. The summed E-state index contributed by atoms with van der Waals surface area (Å²) in [7, 11) is 0. The molecular weight excluding hydrogens is 352 g/mol. The van der Waals surface area contributed by atoms with E-state index in [1.807, 2.05) is 0 Å². The summed E-state index contributed by atoms with van der Waals surface area (Å²) in [6.07, 6.45) is -4.89. The first kappa shape index (κ1) is 15.7. The van der Waals surface area contributed by atoms with Gasteiger partial charge in [-0.2, -0.15) is 13.2 Å². The summed E-state index contributed by atoms with van der Waals surface area (Å²) in [5.74, 6) is -1.90. The fraction of sp³-hybridized carbons (Fsp3) is 0.133. The van der Waals surface area contributed by atoms with Gasteiger partial charge in [-0.15, -0.1) is 0 Å². The third-order valence-corrected chi connectivity index (χ3v) is 3.68. The van der Waals surface area contributed by atoms with Crippen LogP contribution in [0.25, 0.3) is 0 Å². The molecule has 0 aliphatic carbocycles. The highest BCUT2D eigenvalue weighted by atomic mass is 79.9. The van der Waals surface area contributed by atoms with Crippen LogP contribution in [0.1, 0.15) is 21.5 Å². The van der Waals surface area contributed by atoms with E-state index in [9.17, 15) is 22.4 Å². The van der Waals surface area contributed by atoms with E-state index in [2.05, 4.69) is 15.9 Å². The SMILES string of the molecule is O=C(Cc1ccccc1Br)c1ccc(F)c(C(F)(F)F)c1. The van der Waals surface area contributed by atoms with Gasteiger partial charge in [0, 0.05) is 16.5 Å². The molecule has 0 saturated carbocycles. The molecule has 0 N–H and O–H groups in total. The van der Waals surface area contributed by atoms with Gasteiger partial charge in [0.25, 0.3) is 0 Å². The lowest BCUT2D eigenvalue weighted by atomic mass is 10.0. The number of benzene rings is 2. The Hall–Kier alpha value is -1.69. The molecule has 0 aromatic heterocycles. The molecule has 110 valence electrons. The molecule has 0 spiro atoms. The number of hydrogen-bond acceptors (Lipinski definition) is 1. The topological polar surface area (TPSA) is 17.1 Å². The van der Waals surface area contributed by atoms with E-state index >= 15 is 0 Å². The van der Waals surface area contributed by atoms with Crippen LogP contribution in [-0.2, 0) is 12.6 Å². The van der Waals surface area contributed by atoms with Crippen molar-refractivity contribution in [1.82, 2.24) is 0 Å². The Bertz CT molecular complexity index is 680. The largest absolute Gasteiger partial charge is 0.419 e. The van der Waals surface area contributed by atoms with Gasteiger partial charge in [-0.1, -0.05) is 34.1 Å². The minimum absolute atomic E-state index is 0.0651. The zero-order chi connectivity index (χ0) is 15.6. The second kappa shape index (κ2) is 5.97. The van der Waals surface area contributed by atoms with Gasteiger partial charge in [0.05, 0.1) is 5.56 Å². The van der Waals surface area contributed by atoms with E-state index in [-0.39, 0.29) is 12.0 Å². The van der Waals surface area contributed by atoms with Crippen LogP contribution in [-0.4, -0.2) is 5.78 Å². The monoisotopic (exact) mass is 360 g/mol. The summed E-state index contributed by atoms with van der Waals surface area (Å²) in [6, 6.07) is 9.18. The van der Waals surface area contributed by atoms with Gasteiger partial charge in [-0.25, -0.2) is 4.39 Å². The number of alkyl halides is 3. The molecule has 0 unspecified atom stereocenters. The Morgan fingerprint density at radius 3 is 2.38 bits per heavy atom. The van der Waals surface area contributed by atoms with Crippen molar-refractivity contribution >= 4 is 21.7 Å². The maximum Gasteiger partial charge on any atom is 0.419 e. The van der Waals surface area contributed by atoms with Crippen LogP contribution in [0.15, 0.2) is 46.9 Å². The Kier molecular flexibility index (Phi) is 4.46. The Balaban J connectivity index is 2.31. The minimum atomic E-state index is -4.83. The summed E-state index contributed by atoms with van der Waals surface area (Å²) in [6.45, 7) is 0. The summed E-state index contributed by atoms with van der Waals surface area (Å²) >= 11 is 3.26. The summed E-state index contributed by atoms with van der Waals surface area (Å²) < 4.78 is 51.7. The van der Waals surface area contributed by atoms with Crippen molar-refractivity contribution in [2.75, 3.05) is 0 Å². The van der Waals surface area contributed by atoms with E-state index in [1.165, 1.54) is 0 Å². The molecule has 6 heteroatoms. The standard InChI is InChI=1S/C15H9BrF4O/c16-12-4-2-1-3-9(12)8-14(21)10-5-6-13(17)11(7-10)15(18,19)20/h1-7H,8H2. The first-order valence-electron chi connectivity index (χ1n) is 5.92. The molecule has 2 aromatic rings. The Labute approximate surface area is 126 Å².